The number of carbonyl (C=O) groups is 3. The molecule has 1 N–H and O–H groups in total. The maximum atomic E-state index is 13.4. The Kier molecular flexibility index (Phi) is 10.1. The number of imide groups is 1. The fourth-order valence-corrected chi connectivity index (χ4v) is 7.83. The zero-order valence-corrected chi connectivity index (χ0v) is 28.8. The fourth-order valence-electron chi connectivity index (χ4n) is 7.83. The van der Waals surface area contributed by atoms with Gasteiger partial charge in [-0.2, -0.15) is 18.4 Å². The Morgan fingerprint density at radius 1 is 0.846 bits per heavy atom. The molecule has 1 atom stereocenters. The van der Waals surface area contributed by atoms with Crippen LogP contribution in [0.4, 0.5) is 24.5 Å². The minimum atomic E-state index is -4.57. The lowest BCUT2D eigenvalue weighted by molar-refractivity contribution is -0.138. The molecule has 0 aliphatic carbocycles. The Balaban J connectivity index is 0.821. The predicted molar refractivity (Wildman–Crippen MR) is 188 cm³/mol. The highest BCUT2D eigenvalue weighted by Crippen LogP contribution is 2.37. The van der Waals surface area contributed by atoms with Gasteiger partial charge in [0.25, 0.3) is 5.91 Å². The van der Waals surface area contributed by atoms with E-state index in [2.05, 4.69) is 33.3 Å². The van der Waals surface area contributed by atoms with Gasteiger partial charge in [0.2, 0.25) is 11.8 Å². The van der Waals surface area contributed by atoms with Gasteiger partial charge in [-0.05, 0) is 91.3 Å². The van der Waals surface area contributed by atoms with Crippen molar-refractivity contribution in [3.05, 3.63) is 88.5 Å². The van der Waals surface area contributed by atoms with Gasteiger partial charge in [-0.25, -0.2) is 0 Å². The number of piperidine rings is 2. The number of hydrogen-bond acceptors (Lipinski definition) is 8. The Labute approximate surface area is 300 Å². The number of halogens is 3. The third kappa shape index (κ3) is 7.58. The standard InChI is InChI=1S/C39H41F3N6O4/c40-39(41,42)34-23-31(5-2-28(34)24-43)46-15-12-27(13-16-46)26-3-7-32(8-4-26)52-21-1-14-45-17-19-47(20-18-45)30-6-9-33-29(22-30)25-48(38(33)51)35-10-11-36(49)44-37(35)50/h2-9,22-23,27,35H,1,10-21,25H2,(H,44,49,50). The molecule has 3 aromatic rings. The van der Waals surface area contributed by atoms with Crippen molar-refractivity contribution < 1.29 is 32.3 Å². The number of fused-ring (bicyclic) bond motifs is 1. The van der Waals surface area contributed by atoms with Gasteiger partial charge in [0.15, 0.2) is 0 Å². The fraction of sp³-hybridized carbons (Fsp3) is 0.436. The topological polar surface area (TPSA) is 109 Å². The number of benzene rings is 3. The van der Waals surface area contributed by atoms with Gasteiger partial charge in [0, 0.05) is 75.7 Å². The molecule has 4 heterocycles. The quantitative estimate of drug-likeness (QED) is 0.235. The van der Waals surface area contributed by atoms with Crippen LogP contribution >= 0.6 is 0 Å². The number of amides is 3. The number of nitrogens with one attached hydrogen (secondary N) is 1. The number of nitriles is 1. The molecular formula is C39H41F3N6O4. The van der Waals surface area contributed by atoms with Crippen LogP contribution in [0, 0.1) is 11.3 Å². The number of rotatable bonds is 9. The molecule has 0 radical (unpaired) electrons. The largest absolute Gasteiger partial charge is 0.494 e. The lowest BCUT2D eigenvalue weighted by Crippen LogP contribution is -2.52. The summed E-state index contributed by atoms with van der Waals surface area (Å²) >= 11 is 0. The third-order valence-electron chi connectivity index (χ3n) is 10.8. The summed E-state index contributed by atoms with van der Waals surface area (Å²) in [6, 6.07) is 19.0. The number of ether oxygens (including phenoxy) is 1. The van der Waals surface area contributed by atoms with E-state index in [0.717, 1.165) is 75.1 Å². The van der Waals surface area contributed by atoms with E-state index in [1.54, 1.807) is 17.0 Å². The van der Waals surface area contributed by atoms with Crippen LogP contribution in [0.3, 0.4) is 0 Å². The molecule has 0 saturated carbocycles. The lowest BCUT2D eigenvalue weighted by atomic mass is 9.89. The van der Waals surface area contributed by atoms with E-state index in [-0.39, 0.29) is 23.8 Å². The SMILES string of the molecule is N#Cc1ccc(N2CCC(c3ccc(OCCCN4CCN(c5ccc6c(c5)CN(C5CCC(=O)NC5=O)C6=O)CC4)cc3)CC2)cc1C(F)(F)F. The van der Waals surface area contributed by atoms with Crippen molar-refractivity contribution >= 4 is 29.1 Å². The van der Waals surface area contributed by atoms with Gasteiger partial charge in [-0.1, -0.05) is 12.1 Å². The summed E-state index contributed by atoms with van der Waals surface area (Å²) in [7, 11) is 0. The molecule has 7 rings (SSSR count). The molecule has 0 aromatic heterocycles. The smallest absolute Gasteiger partial charge is 0.417 e. The van der Waals surface area contributed by atoms with Gasteiger partial charge < -0.3 is 19.4 Å². The van der Waals surface area contributed by atoms with Gasteiger partial charge in [-0.15, -0.1) is 0 Å². The summed E-state index contributed by atoms with van der Waals surface area (Å²) in [5.41, 5.74) is 3.05. The van der Waals surface area contributed by atoms with Crippen LogP contribution in [0.2, 0.25) is 0 Å². The van der Waals surface area contributed by atoms with Gasteiger partial charge in [0.05, 0.1) is 23.8 Å². The molecule has 3 saturated heterocycles. The lowest BCUT2D eigenvalue weighted by Gasteiger charge is -2.36. The second-order valence-corrected chi connectivity index (χ2v) is 13.9. The molecular weight excluding hydrogens is 673 g/mol. The summed E-state index contributed by atoms with van der Waals surface area (Å²) in [5, 5.41) is 11.4. The number of nitrogens with zero attached hydrogens (tertiary/aromatic N) is 5. The van der Waals surface area contributed by atoms with E-state index in [1.807, 2.05) is 29.2 Å². The molecule has 3 aromatic carbocycles. The Morgan fingerprint density at radius 3 is 2.23 bits per heavy atom. The molecule has 4 aliphatic rings. The van der Waals surface area contributed by atoms with Crippen molar-refractivity contribution in [2.45, 2.75) is 56.8 Å². The summed E-state index contributed by atoms with van der Waals surface area (Å²) in [4.78, 5) is 45.3. The summed E-state index contributed by atoms with van der Waals surface area (Å²) in [5.74, 6) is 0.276. The van der Waals surface area contributed by atoms with Crippen molar-refractivity contribution in [3.63, 3.8) is 0 Å². The van der Waals surface area contributed by atoms with Crippen LogP contribution in [-0.2, 0) is 22.3 Å². The minimum Gasteiger partial charge on any atom is -0.494 e. The zero-order chi connectivity index (χ0) is 36.4. The zero-order valence-electron chi connectivity index (χ0n) is 28.8. The highest BCUT2D eigenvalue weighted by atomic mass is 19.4. The van der Waals surface area contributed by atoms with Crippen LogP contribution in [0.5, 0.6) is 5.75 Å². The third-order valence-corrected chi connectivity index (χ3v) is 10.8. The molecule has 10 nitrogen and oxygen atoms in total. The normalized spacial score (nSPS) is 20.2. The molecule has 1 unspecified atom stereocenters. The highest BCUT2D eigenvalue weighted by Gasteiger charge is 2.39. The van der Waals surface area contributed by atoms with E-state index in [4.69, 9.17) is 10.00 Å². The minimum absolute atomic E-state index is 0.160. The first-order valence-corrected chi connectivity index (χ1v) is 17.9. The van der Waals surface area contributed by atoms with Crippen LogP contribution in [-0.4, -0.2) is 86.0 Å². The van der Waals surface area contributed by atoms with Crippen LogP contribution < -0.4 is 19.9 Å². The van der Waals surface area contributed by atoms with Gasteiger partial charge in [-0.3, -0.25) is 24.6 Å². The average molecular weight is 715 g/mol. The maximum absolute atomic E-state index is 13.4. The first-order valence-electron chi connectivity index (χ1n) is 17.9. The van der Waals surface area contributed by atoms with Crippen LogP contribution in [0.15, 0.2) is 60.7 Å². The average Bonchev–Trinajstić information content (AvgIpc) is 3.48. The number of hydrogen-bond donors (Lipinski definition) is 1. The molecule has 0 spiro atoms. The maximum Gasteiger partial charge on any atom is 0.417 e. The van der Waals surface area contributed by atoms with E-state index in [9.17, 15) is 27.6 Å². The molecule has 4 aliphatic heterocycles. The molecule has 3 amide bonds. The van der Waals surface area contributed by atoms with Crippen LogP contribution in [0.25, 0.3) is 0 Å². The van der Waals surface area contributed by atoms with Crippen molar-refractivity contribution in [2.24, 2.45) is 0 Å². The van der Waals surface area contributed by atoms with Crippen molar-refractivity contribution in [2.75, 3.05) is 62.2 Å². The molecule has 272 valence electrons. The van der Waals surface area contributed by atoms with Gasteiger partial charge in [0.1, 0.15) is 11.8 Å². The summed E-state index contributed by atoms with van der Waals surface area (Å²) < 4.78 is 46.4. The monoisotopic (exact) mass is 714 g/mol. The van der Waals surface area contributed by atoms with E-state index in [0.29, 0.717) is 49.8 Å². The van der Waals surface area contributed by atoms with E-state index >= 15 is 0 Å². The Morgan fingerprint density at radius 2 is 1.54 bits per heavy atom. The molecule has 3 fully saturated rings. The van der Waals surface area contributed by atoms with Crippen molar-refractivity contribution in [1.82, 2.24) is 15.1 Å². The second-order valence-electron chi connectivity index (χ2n) is 13.9. The van der Waals surface area contributed by atoms with Crippen LogP contribution in [0.1, 0.15) is 70.6 Å². The molecule has 52 heavy (non-hydrogen) atoms. The number of piperazine rings is 1. The number of anilines is 2. The molecule has 0 bridgehead atoms. The second kappa shape index (κ2) is 14.9. The summed E-state index contributed by atoms with van der Waals surface area (Å²) in [6.45, 7) is 6.74. The first kappa shape index (κ1) is 35.3. The van der Waals surface area contributed by atoms with E-state index in [1.165, 1.54) is 11.6 Å². The van der Waals surface area contributed by atoms with Crippen molar-refractivity contribution in [3.8, 4) is 11.8 Å². The first-order chi connectivity index (χ1) is 25.1. The highest BCUT2D eigenvalue weighted by molar-refractivity contribution is 6.05. The summed E-state index contributed by atoms with van der Waals surface area (Å²) in [6.07, 6.45) is -1.44. The Bertz CT molecular complexity index is 1860. The number of carbonyl (C=O) groups excluding carboxylic acids is 3. The van der Waals surface area contributed by atoms with E-state index < -0.39 is 23.7 Å². The Hall–Kier alpha value is -5.09. The predicted octanol–water partition coefficient (Wildman–Crippen LogP) is 5.31. The molecule has 13 heteroatoms. The van der Waals surface area contributed by atoms with Crippen molar-refractivity contribution in [1.29, 1.82) is 5.26 Å². The van der Waals surface area contributed by atoms with Gasteiger partial charge >= 0.3 is 6.18 Å². The number of alkyl halides is 3.